The molecule has 172 valence electrons. The Kier molecular flexibility index (Phi) is 8.08. The SMILES string of the molecule is CCN[C@H]1CN(CCCC(=O)OCC)S(=O)(=O)c2sc(S(=O)(=O)NC(C)(C)C)cc21. The lowest BCUT2D eigenvalue weighted by Gasteiger charge is -2.32. The van der Waals surface area contributed by atoms with Gasteiger partial charge in [0, 0.05) is 36.7 Å². The minimum atomic E-state index is -3.86. The number of hydrogen-bond acceptors (Lipinski definition) is 8. The van der Waals surface area contributed by atoms with E-state index in [1.165, 1.54) is 10.4 Å². The molecular weight excluding hydrogens is 450 g/mol. The molecule has 0 radical (unpaired) electrons. The van der Waals surface area contributed by atoms with Crippen molar-refractivity contribution in [3.05, 3.63) is 11.6 Å². The van der Waals surface area contributed by atoms with E-state index in [9.17, 15) is 21.6 Å². The number of carbonyl (C=O) groups is 1. The van der Waals surface area contributed by atoms with Crippen molar-refractivity contribution in [1.29, 1.82) is 0 Å². The van der Waals surface area contributed by atoms with Gasteiger partial charge in [-0.25, -0.2) is 21.6 Å². The first-order chi connectivity index (χ1) is 13.8. The van der Waals surface area contributed by atoms with Gasteiger partial charge in [0.1, 0.15) is 8.42 Å². The van der Waals surface area contributed by atoms with Crippen LogP contribution in [0, 0.1) is 0 Å². The monoisotopic (exact) mass is 481 g/mol. The fourth-order valence-electron chi connectivity index (χ4n) is 3.18. The van der Waals surface area contributed by atoms with Crippen molar-refractivity contribution in [3.63, 3.8) is 0 Å². The molecule has 30 heavy (non-hydrogen) atoms. The van der Waals surface area contributed by atoms with E-state index in [-0.39, 0.29) is 46.5 Å². The molecule has 0 unspecified atom stereocenters. The van der Waals surface area contributed by atoms with E-state index in [1.54, 1.807) is 27.7 Å². The van der Waals surface area contributed by atoms with Gasteiger partial charge in [0.25, 0.3) is 20.0 Å². The van der Waals surface area contributed by atoms with Crippen LogP contribution >= 0.6 is 11.3 Å². The number of carbonyl (C=O) groups excluding carboxylic acids is 1. The Balaban J connectivity index is 2.34. The van der Waals surface area contributed by atoms with Gasteiger partial charge in [-0.2, -0.15) is 4.31 Å². The Morgan fingerprint density at radius 2 is 2.00 bits per heavy atom. The molecule has 0 spiro atoms. The summed E-state index contributed by atoms with van der Waals surface area (Å²) in [5.74, 6) is -0.367. The van der Waals surface area contributed by atoms with Crippen LogP contribution in [-0.2, 0) is 29.6 Å². The summed E-state index contributed by atoms with van der Waals surface area (Å²) in [5.41, 5.74) is -0.222. The zero-order chi connectivity index (χ0) is 22.7. The number of hydrogen-bond donors (Lipinski definition) is 2. The van der Waals surface area contributed by atoms with Crippen molar-refractivity contribution in [2.75, 3.05) is 26.2 Å². The Labute approximate surface area is 183 Å². The van der Waals surface area contributed by atoms with Gasteiger partial charge in [-0.15, -0.1) is 11.3 Å². The summed E-state index contributed by atoms with van der Waals surface area (Å²) in [5, 5.41) is 3.23. The largest absolute Gasteiger partial charge is 0.466 e. The molecule has 2 rings (SSSR count). The molecule has 0 aromatic carbocycles. The quantitative estimate of drug-likeness (QED) is 0.516. The Morgan fingerprint density at radius 1 is 1.33 bits per heavy atom. The van der Waals surface area contributed by atoms with E-state index in [0.717, 1.165) is 11.3 Å². The van der Waals surface area contributed by atoms with Gasteiger partial charge in [0.15, 0.2) is 0 Å². The second-order valence-corrected chi connectivity index (χ2v) is 13.1. The minimum Gasteiger partial charge on any atom is -0.466 e. The van der Waals surface area contributed by atoms with Crippen molar-refractivity contribution in [2.24, 2.45) is 0 Å². The van der Waals surface area contributed by atoms with Crippen LogP contribution in [0.4, 0.5) is 0 Å². The van der Waals surface area contributed by atoms with Gasteiger partial charge < -0.3 is 10.1 Å². The third-order valence-electron chi connectivity index (χ3n) is 4.29. The molecule has 1 aliphatic heterocycles. The van der Waals surface area contributed by atoms with E-state index in [2.05, 4.69) is 10.0 Å². The summed E-state index contributed by atoms with van der Waals surface area (Å²) < 4.78 is 60.6. The fraction of sp³-hybridized carbons (Fsp3) is 0.722. The molecule has 2 N–H and O–H groups in total. The second kappa shape index (κ2) is 9.61. The number of nitrogens with one attached hydrogen (secondary N) is 2. The molecule has 0 amide bonds. The van der Waals surface area contributed by atoms with Crippen LogP contribution in [0.25, 0.3) is 0 Å². The van der Waals surface area contributed by atoms with Crippen molar-refractivity contribution in [3.8, 4) is 0 Å². The lowest BCUT2D eigenvalue weighted by atomic mass is 10.1. The Hall–Kier alpha value is -1.05. The molecule has 0 saturated heterocycles. The van der Waals surface area contributed by atoms with Crippen LogP contribution in [0.5, 0.6) is 0 Å². The molecule has 0 bridgehead atoms. The van der Waals surface area contributed by atoms with Gasteiger partial charge in [0.05, 0.1) is 6.61 Å². The van der Waals surface area contributed by atoms with Crippen LogP contribution in [0.2, 0.25) is 0 Å². The maximum absolute atomic E-state index is 13.2. The lowest BCUT2D eigenvalue weighted by molar-refractivity contribution is -0.143. The summed E-state index contributed by atoms with van der Waals surface area (Å²) in [6.07, 6.45) is 0.451. The summed E-state index contributed by atoms with van der Waals surface area (Å²) in [7, 11) is -7.72. The van der Waals surface area contributed by atoms with Crippen molar-refractivity contribution < 1.29 is 26.4 Å². The molecule has 0 fully saturated rings. The number of sulfonamides is 2. The van der Waals surface area contributed by atoms with Crippen molar-refractivity contribution in [2.45, 2.75) is 67.5 Å². The van der Waals surface area contributed by atoms with E-state index < -0.39 is 25.6 Å². The molecule has 0 aliphatic carbocycles. The highest BCUT2D eigenvalue weighted by Crippen LogP contribution is 2.40. The van der Waals surface area contributed by atoms with Crippen LogP contribution in [-0.4, -0.2) is 58.9 Å². The van der Waals surface area contributed by atoms with E-state index in [4.69, 9.17) is 4.74 Å². The fourth-order valence-corrected chi connectivity index (χ4v) is 8.48. The third kappa shape index (κ3) is 6.01. The molecule has 12 heteroatoms. The molecule has 1 aromatic rings. The zero-order valence-electron chi connectivity index (χ0n) is 18.0. The predicted molar refractivity (Wildman–Crippen MR) is 115 cm³/mol. The first kappa shape index (κ1) is 25.2. The highest BCUT2D eigenvalue weighted by Gasteiger charge is 2.40. The molecule has 1 atom stereocenters. The number of fused-ring (bicyclic) bond motifs is 1. The van der Waals surface area contributed by atoms with Crippen LogP contribution < -0.4 is 10.0 Å². The van der Waals surface area contributed by atoms with Crippen LogP contribution in [0.1, 0.15) is 59.1 Å². The summed E-state index contributed by atoms with van der Waals surface area (Å²) in [6.45, 7) is 9.99. The summed E-state index contributed by atoms with van der Waals surface area (Å²) in [6, 6.07) is 1.13. The Bertz CT molecular complexity index is 964. The van der Waals surface area contributed by atoms with Gasteiger partial charge in [-0.1, -0.05) is 6.92 Å². The second-order valence-electron chi connectivity index (χ2n) is 8.05. The number of rotatable bonds is 9. The number of thiophene rings is 1. The smallest absolute Gasteiger partial charge is 0.305 e. The third-order valence-corrected chi connectivity index (χ3v) is 10.1. The highest BCUT2D eigenvalue weighted by atomic mass is 32.3. The highest BCUT2D eigenvalue weighted by molar-refractivity contribution is 7.94. The summed E-state index contributed by atoms with van der Waals surface area (Å²) >= 11 is 0.759. The van der Waals surface area contributed by atoms with E-state index in [1.807, 2.05) is 6.92 Å². The average molecular weight is 482 g/mol. The van der Waals surface area contributed by atoms with Crippen LogP contribution in [0.3, 0.4) is 0 Å². The maximum atomic E-state index is 13.2. The topological polar surface area (TPSA) is 122 Å². The molecular formula is C18H31N3O6S3. The summed E-state index contributed by atoms with van der Waals surface area (Å²) in [4.78, 5) is 11.6. The number of nitrogens with zero attached hydrogens (tertiary/aromatic N) is 1. The first-order valence-electron chi connectivity index (χ1n) is 9.88. The Morgan fingerprint density at radius 3 is 2.57 bits per heavy atom. The molecule has 0 saturated carbocycles. The van der Waals surface area contributed by atoms with Crippen molar-refractivity contribution in [1.82, 2.24) is 14.3 Å². The molecule has 2 heterocycles. The lowest BCUT2D eigenvalue weighted by Crippen LogP contribution is -2.43. The number of ether oxygens (including phenoxy) is 1. The first-order valence-corrected chi connectivity index (χ1v) is 13.6. The van der Waals surface area contributed by atoms with Crippen molar-refractivity contribution >= 4 is 37.4 Å². The maximum Gasteiger partial charge on any atom is 0.305 e. The van der Waals surface area contributed by atoms with Gasteiger partial charge in [-0.3, -0.25) is 4.79 Å². The molecule has 9 nitrogen and oxygen atoms in total. The molecule has 1 aliphatic rings. The van der Waals surface area contributed by atoms with E-state index >= 15 is 0 Å². The minimum absolute atomic E-state index is 0.0257. The van der Waals surface area contributed by atoms with Gasteiger partial charge in [-0.05, 0) is 46.7 Å². The standard InChI is InChI=1S/C18H31N3O6S3/c1-6-19-14-12-21(10-8-9-15(22)27-7-2)30(25,26)17-13(14)11-16(28-17)29(23,24)20-18(3,4)5/h11,14,19-20H,6-10,12H2,1-5H3/t14-/m0/s1. The number of likely N-dealkylation sites (N-methyl/N-ethyl adjacent to an activating group) is 1. The normalized spacial score (nSPS) is 19.4. The average Bonchev–Trinajstić information content (AvgIpc) is 3.05. The molecule has 1 aromatic heterocycles. The zero-order valence-corrected chi connectivity index (χ0v) is 20.5. The van der Waals surface area contributed by atoms with Gasteiger partial charge in [0.2, 0.25) is 0 Å². The van der Waals surface area contributed by atoms with E-state index in [0.29, 0.717) is 18.5 Å². The number of esters is 1. The van der Waals surface area contributed by atoms with Crippen LogP contribution in [0.15, 0.2) is 14.5 Å². The predicted octanol–water partition coefficient (Wildman–Crippen LogP) is 1.82. The van der Waals surface area contributed by atoms with Gasteiger partial charge >= 0.3 is 5.97 Å².